The van der Waals surface area contributed by atoms with Gasteiger partial charge in [-0.05, 0) is 55.2 Å². The van der Waals surface area contributed by atoms with Gasteiger partial charge in [-0.2, -0.15) is 0 Å². The molecule has 2 heterocycles. The van der Waals surface area contributed by atoms with Crippen LogP contribution in [0.1, 0.15) is 77.5 Å². The first-order valence-electron chi connectivity index (χ1n) is 22.2. The van der Waals surface area contributed by atoms with Crippen molar-refractivity contribution in [3.8, 4) is 5.75 Å². The Balaban J connectivity index is 1.92. The maximum absolute atomic E-state index is 14.4. The number of H-pyrrole nitrogens is 1. The van der Waals surface area contributed by atoms with Crippen molar-refractivity contribution in [3.63, 3.8) is 0 Å². The lowest BCUT2D eigenvalue weighted by molar-refractivity contribution is -0.143. The minimum atomic E-state index is -1.50. The van der Waals surface area contributed by atoms with Gasteiger partial charge in [0.1, 0.15) is 48.5 Å². The van der Waals surface area contributed by atoms with Gasteiger partial charge < -0.3 is 74.3 Å². The van der Waals surface area contributed by atoms with Crippen LogP contribution in [0.4, 0.5) is 0 Å². The van der Waals surface area contributed by atoms with Crippen molar-refractivity contribution in [1.82, 2.24) is 46.8 Å². The van der Waals surface area contributed by atoms with Gasteiger partial charge in [-0.3, -0.25) is 48.1 Å². The Hall–Kier alpha value is -7.31. The van der Waals surface area contributed by atoms with Crippen LogP contribution in [0.2, 0.25) is 0 Å². The summed E-state index contributed by atoms with van der Waals surface area (Å²) in [6, 6.07) is -3.36. The van der Waals surface area contributed by atoms with Crippen LogP contribution < -0.4 is 49.1 Å². The van der Waals surface area contributed by atoms with Gasteiger partial charge in [0.15, 0.2) is 5.96 Å². The summed E-state index contributed by atoms with van der Waals surface area (Å²) in [7, 11) is 0. The minimum absolute atomic E-state index is 0.0550. The molecule has 0 spiro atoms. The Morgan fingerprint density at radius 1 is 0.824 bits per heavy atom. The molecule has 8 atom stereocenters. The molecule has 68 heavy (non-hydrogen) atoms. The van der Waals surface area contributed by atoms with Crippen LogP contribution in [0.5, 0.6) is 5.75 Å². The second kappa shape index (κ2) is 26.7. The lowest BCUT2D eigenvalue weighted by Gasteiger charge is -2.31. The van der Waals surface area contributed by atoms with Crippen LogP contribution in [0.15, 0.2) is 41.8 Å². The molecule has 25 nitrogen and oxygen atoms in total. The largest absolute Gasteiger partial charge is 0.508 e. The smallest absolute Gasteiger partial charge is 0.322 e. The number of hydrogen-bond donors (Lipinski definition) is 13. The van der Waals surface area contributed by atoms with E-state index in [0.29, 0.717) is 24.1 Å². The number of aromatic nitrogens is 2. The number of phenols is 1. The number of carboxylic acids is 2. The lowest BCUT2D eigenvalue weighted by Crippen LogP contribution is -2.62. The first-order valence-corrected chi connectivity index (χ1v) is 22.2. The molecule has 16 N–H and O–H groups in total. The first kappa shape index (κ1) is 55.0. The van der Waals surface area contributed by atoms with Gasteiger partial charge in [0.2, 0.25) is 41.4 Å². The van der Waals surface area contributed by atoms with E-state index in [1.807, 2.05) is 0 Å². The number of carbonyl (C=O) groups is 9. The van der Waals surface area contributed by atoms with Crippen LogP contribution in [-0.4, -0.2) is 151 Å². The van der Waals surface area contributed by atoms with Crippen LogP contribution in [0.3, 0.4) is 0 Å². The molecular weight excluding hydrogens is 891 g/mol. The summed E-state index contributed by atoms with van der Waals surface area (Å²) in [5.41, 5.74) is 17.5. The van der Waals surface area contributed by atoms with Gasteiger partial charge in [0.25, 0.3) is 0 Å². The molecule has 0 aliphatic carbocycles. The van der Waals surface area contributed by atoms with E-state index in [2.05, 4.69) is 46.9 Å². The number of carboxylic acid groups (broad SMARTS) is 2. The number of aliphatic carboxylic acids is 2. The van der Waals surface area contributed by atoms with Crippen LogP contribution in [0, 0.1) is 11.8 Å². The molecular formula is C43H65N13O12. The quantitative estimate of drug-likeness (QED) is 0.0242. The summed E-state index contributed by atoms with van der Waals surface area (Å²) in [4.78, 5) is 131. The number of rotatable bonds is 27. The number of benzene rings is 1. The van der Waals surface area contributed by atoms with Crippen molar-refractivity contribution in [1.29, 1.82) is 0 Å². The molecule has 25 heteroatoms. The topological polar surface area (TPSA) is 409 Å². The van der Waals surface area contributed by atoms with E-state index in [0.717, 1.165) is 0 Å². The summed E-state index contributed by atoms with van der Waals surface area (Å²) in [6.45, 7) is 6.26. The number of imidazole rings is 1. The lowest BCUT2D eigenvalue weighted by atomic mass is 9.96. The summed E-state index contributed by atoms with van der Waals surface area (Å²) in [6.07, 6.45) is 3.01. The van der Waals surface area contributed by atoms with E-state index in [9.17, 15) is 48.3 Å². The Labute approximate surface area is 392 Å². The molecule has 0 bridgehead atoms. The molecule has 1 aromatic heterocycles. The number of guanidine groups is 1. The molecule has 1 aromatic carbocycles. The number of carbonyl (C=O) groups excluding carboxylic acids is 7. The summed E-state index contributed by atoms with van der Waals surface area (Å²) >= 11 is 0. The van der Waals surface area contributed by atoms with Crippen LogP contribution in [0.25, 0.3) is 0 Å². The summed E-state index contributed by atoms with van der Waals surface area (Å²) in [5, 5.41) is 43.7. The van der Waals surface area contributed by atoms with Gasteiger partial charge in [0, 0.05) is 37.8 Å². The molecule has 1 aliphatic rings. The monoisotopic (exact) mass is 955 g/mol. The first-order chi connectivity index (χ1) is 32.1. The van der Waals surface area contributed by atoms with Crippen molar-refractivity contribution in [2.24, 2.45) is 34.0 Å². The highest BCUT2D eigenvalue weighted by Gasteiger charge is 2.40. The Morgan fingerprint density at radius 2 is 1.44 bits per heavy atom. The van der Waals surface area contributed by atoms with Crippen LogP contribution in [-0.2, 0) is 56.0 Å². The van der Waals surface area contributed by atoms with Gasteiger partial charge in [-0.25, -0.2) is 4.98 Å². The molecule has 3 rings (SSSR count). The van der Waals surface area contributed by atoms with Crippen molar-refractivity contribution in [3.05, 3.63) is 48.0 Å². The molecule has 0 radical (unpaired) electrons. The highest BCUT2D eigenvalue weighted by atomic mass is 16.4. The Bertz CT molecular complexity index is 2100. The zero-order chi connectivity index (χ0) is 50.7. The fourth-order valence-corrected chi connectivity index (χ4v) is 7.28. The molecule has 2 aromatic rings. The predicted molar refractivity (Wildman–Crippen MR) is 244 cm³/mol. The second-order valence-electron chi connectivity index (χ2n) is 16.9. The van der Waals surface area contributed by atoms with Crippen molar-refractivity contribution < 1.29 is 58.5 Å². The SMILES string of the molecule is CCC(C)C(NC(=O)C(Cc1ccc(O)cc1)NC(=O)C(NC(=O)C(CCCN=C(N)N)NC(=O)C(N)CC(=O)O)C(C)C)C(=O)NC(Cc1cnc[nH]1)C(=O)N1CCCC1C(=O)NCC(=O)O. The molecule has 8 unspecified atom stereocenters. The summed E-state index contributed by atoms with van der Waals surface area (Å²) < 4.78 is 0. The highest BCUT2D eigenvalue weighted by molar-refractivity contribution is 5.98. The maximum atomic E-state index is 14.4. The average molecular weight is 956 g/mol. The number of aromatic amines is 1. The number of nitrogens with two attached hydrogens (primary N) is 3. The fraction of sp³-hybridized carbons (Fsp3) is 0.558. The van der Waals surface area contributed by atoms with Gasteiger partial charge >= 0.3 is 11.9 Å². The molecule has 7 amide bonds. The van der Waals surface area contributed by atoms with E-state index in [1.54, 1.807) is 27.7 Å². The van der Waals surface area contributed by atoms with Crippen LogP contribution >= 0.6 is 0 Å². The Kier molecular flexibility index (Phi) is 21.6. The van der Waals surface area contributed by atoms with E-state index in [1.165, 1.54) is 41.7 Å². The summed E-state index contributed by atoms with van der Waals surface area (Å²) in [5.74, 6) is -9.58. The molecule has 1 fully saturated rings. The third kappa shape index (κ3) is 17.5. The molecule has 1 saturated heterocycles. The highest BCUT2D eigenvalue weighted by Crippen LogP contribution is 2.21. The number of phenolic OH excluding ortho intramolecular Hbond substituents is 1. The molecule has 0 saturated carbocycles. The number of aliphatic imine (C=N–C) groups is 1. The number of hydrogen-bond acceptors (Lipinski definition) is 13. The zero-order valence-corrected chi connectivity index (χ0v) is 38.5. The average Bonchev–Trinajstić information content (AvgIpc) is 4.00. The van der Waals surface area contributed by atoms with E-state index < -0.39 is 120 Å². The van der Waals surface area contributed by atoms with Gasteiger partial charge in [-0.15, -0.1) is 0 Å². The second-order valence-corrected chi connectivity index (χ2v) is 16.9. The van der Waals surface area contributed by atoms with Gasteiger partial charge in [0.05, 0.1) is 18.8 Å². The standard InChI is InChI=1S/C43H65N13O12/c1-5-23(4)35(41(67)53-30(17-25-19-47-21-50-25)42(68)56-15-7-9-31(56)39(65)49-20-33(60)61)55-38(64)29(16-24-10-12-26(57)13-11-24)52-40(66)34(22(2)3)54-37(63)28(8-6-14-48-43(45)46)51-36(62)27(44)18-32(58)59/h10-13,19,21-23,27-31,34-35,57H,5-9,14-18,20,44H2,1-4H3,(H,47,50)(H,49,65)(H,51,62)(H,52,66)(H,53,67)(H,54,63)(H,55,64)(H,58,59)(H,60,61)(H4,45,46,48). The maximum Gasteiger partial charge on any atom is 0.322 e. The van der Waals surface area contributed by atoms with Crippen molar-refractivity contribution >= 4 is 59.2 Å². The minimum Gasteiger partial charge on any atom is -0.508 e. The predicted octanol–water partition coefficient (Wildman–Crippen LogP) is -2.93. The molecule has 1 aliphatic heterocycles. The van der Waals surface area contributed by atoms with E-state index >= 15 is 0 Å². The van der Waals surface area contributed by atoms with Gasteiger partial charge in [-0.1, -0.05) is 46.2 Å². The molecule has 374 valence electrons. The normalized spacial score (nSPS) is 16.4. The number of aromatic hydroxyl groups is 1. The third-order valence-electron chi connectivity index (χ3n) is 11.2. The number of nitrogens with one attached hydrogen (secondary N) is 7. The third-order valence-corrected chi connectivity index (χ3v) is 11.2. The van der Waals surface area contributed by atoms with E-state index in [-0.39, 0.29) is 56.9 Å². The number of nitrogens with zero attached hydrogens (tertiary/aromatic N) is 3. The number of likely N-dealkylation sites (tertiary alicyclic amines) is 1. The Morgan fingerprint density at radius 3 is 2.03 bits per heavy atom. The number of amides is 7. The van der Waals surface area contributed by atoms with E-state index in [4.69, 9.17) is 27.4 Å². The fourth-order valence-electron chi connectivity index (χ4n) is 7.28. The van der Waals surface area contributed by atoms with Crippen molar-refractivity contribution in [2.45, 2.75) is 121 Å². The zero-order valence-electron chi connectivity index (χ0n) is 38.5. The van der Waals surface area contributed by atoms with Crippen molar-refractivity contribution in [2.75, 3.05) is 19.6 Å².